The van der Waals surface area contributed by atoms with Gasteiger partial charge in [0.2, 0.25) is 5.91 Å². The zero-order valence-electron chi connectivity index (χ0n) is 10.9. The molecule has 7 nitrogen and oxygen atoms in total. The minimum absolute atomic E-state index is 0.182. The highest BCUT2D eigenvalue weighted by Crippen LogP contribution is 2.13. The van der Waals surface area contributed by atoms with E-state index in [1.54, 1.807) is 13.1 Å². The molecule has 1 N–H and O–H groups in total. The summed E-state index contributed by atoms with van der Waals surface area (Å²) in [6, 6.07) is 0. The molecule has 0 aliphatic rings. The summed E-state index contributed by atoms with van der Waals surface area (Å²) in [6.45, 7) is 1.40. The fourth-order valence-electron chi connectivity index (χ4n) is 1.36. The van der Waals surface area contributed by atoms with Crippen molar-refractivity contribution in [3.8, 4) is 0 Å². The maximum Gasteiger partial charge on any atom is 0.349 e. The Kier molecular flexibility index (Phi) is 5.56. The van der Waals surface area contributed by atoms with Gasteiger partial charge in [0.15, 0.2) is 0 Å². The molecule has 0 aromatic carbocycles. The Bertz CT molecular complexity index is 541. The number of aromatic nitrogens is 2. The smallest absolute Gasteiger partial charge is 0.349 e. The van der Waals surface area contributed by atoms with Crippen molar-refractivity contribution in [1.82, 2.24) is 14.9 Å². The Morgan fingerprint density at radius 2 is 2.21 bits per heavy atom. The van der Waals surface area contributed by atoms with E-state index in [0.29, 0.717) is 5.03 Å². The fourth-order valence-corrected chi connectivity index (χ4v) is 1.90. The normalized spacial score (nSPS) is 10.1. The quantitative estimate of drug-likeness (QED) is 0.448. The minimum Gasteiger partial charge on any atom is -0.468 e. The highest BCUT2D eigenvalue weighted by atomic mass is 32.2. The molecule has 1 aromatic rings. The summed E-state index contributed by atoms with van der Waals surface area (Å²) in [5, 5.41) is 2.99. The van der Waals surface area contributed by atoms with E-state index in [1.807, 2.05) is 6.26 Å². The molecule has 104 valence electrons. The molecule has 1 amide bonds. The number of nitrogens with zero attached hydrogens (tertiary/aromatic N) is 2. The van der Waals surface area contributed by atoms with Crippen LogP contribution >= 0.6 is 11.8 Å². The Hall–Kier alpha value is -1.83. The van der Waals surface area contributed by atoms with Crippen molar-refractivity contribution < 1.29 is 14.3 Å². The first kappa shape index (κ1) is 15.2. The van der Waals surface area contributed by atoms with Crippen LogP contribution in [0.3, 0.4) is 0 Å². The van der Waals surface area contributed by atoms with Crippen molar-refractivity contribution >= 4 is 23.6 Å². The predicted octanol–water partition coefficient (Wildman–Crippen LogP) is -0.437. The monoisotopic (exact) mass is 285 g/mol. The number of nitrogens with one attached hydrogen (secondary N) is 1. The maximum absolute atomic E-state index is 11.6. The van der Waals surface area contributed by atoms with Crippen LogP contribution in [0.5, 0.6) is 0 Å². The highest BCUT2D eigenvalue weighted by molar-refractivity contribution is 7.98. The number of aryl methyl sites for hydroxylation is 1. The Morgan fingerprint density at radius 1 is 1.53 bits per heavy atom. The molecule has 0 atom stereocenters. The van der Waals surface area contributed by atoms with E-state index in [9.17, 15) is 14.4 Å². The van der Waals surface area contributed by atoms with Gasteiger partial charge in [-0.15, -0.1) is 11.8 Å². The highest BCUT2D eigenvalue weighted by Gasteiger charge is 2.09. The molecule has 0 spiro atoms. The summed E-state index contributed by atoms with van der Waals surface area (Å²) in [4.78, 5) is 37.9. The molecule has 0 radical (unpaired) electrons. The van der Waals surface area contributed by atoms with Crippen molar-refractivity contribution in [1.29, 1.82) is 0 Å². The number of amides is 1. The van der Waals surface area contributed by atoms with E-state index in [0.717, 1.165) is 5.56 Å². The van der Waals surface area contributed by atoms with E-state index in [4.69, 9.17) is 0 Å². The number of esters is 1. The van der Waals surface area contributed by atoms with Gasteiger partial charge in [-0.2, -0.15) is 4.98 Å². The summed E-state index contributed by atoms with van der Waals surface area (Å²) in [6.07, 6.45) is 3.39. The molecule has 0 fully saturated rings. The minimum atomic E-state index is -0.548. The van der Waals surface area contributed by atoms with Crippen LogP contribution in [0.15, 0.2) is 16.0 Å². The van der Waals surface area contributed by atoms with E-state index >= 15 is 0 Å². The van der Waals surface area contributed by atoms with Gasteiger partial charge in [0.05, 0.1) is 7.11 Å². The number of carbonyl (C=O) groups excluding carboxylic acids is 2. The zero-order chi connectivity index (χ0) is 14.4. The number of ether oxygens (including phenoxy) is 1. The second kappa shape index (κ2) is 6.93. The molecule has 1 rings (SSSR count). The lowest BCUT2D eigenvalue weighted by molar-refractivity contribution is -0.141. The van der Waals surface area contributed by atoms with E-state index < -0.39 is 17.6 Å². The van der Waals surface area contributed by atoms with Gasteiger partial charge in [0.1, 0.15) is 18.1 Å². The zero-order valence-corrected chi connectivity index (χ0v) is 11.7. The summed E-state index contributed by atoms with van der Waals surface area (Å²) < 4.78 is 5.58. The number of hydrogen-bond donors (Lipinski definition) is 1. The van der Waals surface area contributed by atoms with E-state index in [-0.39, 0.29) is 13.1 Å². The first-order valence-corrected chi connectivity index (χ1v) is 6.66. The van der Waals surface area contributed by atoms with Gasteiger partial charge >= 0.3 is 11.7 Å². The van der Waals surface area contributed by atoms with Crippen molar-refractivity contribution in [3.63, 3.8) is 0 Å². The number of thioether (sulfide) groups is 1. The molecule has 0 aliphatic heterocycles. The average molecular weight is 285 g/mol. The molecular formula is C11H15N3O4S. The van der Waals surface area contributed by atoms with Gasteiger partial charge in [0.25, 0.3) is 0 Å². The van der Waals surface area contributed by atoms with Crippen molar-refractivity contribution in [3.05, 3.63) is 22.2 Å². The molecule has 0 bridgehead atoms. The lowest BCUT2D eigenvalue weighted by Gasteiger charge is -2.08. The topological polar surface area (TPSA) is 90.3 Å². The van der Waals surface area contributed by atoms with Crippen molar-refractivity contribution in [2.45, 2.75) is 18.5 Å². The third-order valence-corrected chi connectivity index (χ3v) is 3.09. The van der Waals surface area contributed by atoms with Gasteiger partial charge in [0, 0.05) is 6.20 Å². The van der Waals surface area contributed by atoms with Crippen LogP contribution in [-0.2, 0) is 20.9 Å². The fraction of sp³-hybridized carbons (Fsp3) is 0.455. The predicted molar refractivity (Wildman–Crippen MR) is 70.0 cm³/mol. The van der Waals surface area contributed by atoms with Crippen molar-refractivity contribution in [2.24, 2.45) is 0 Å². The van der Waals surface area contributed by atoms with Gasteiger partial charge in [-0.3, -0.25) is 14.2 Å². The molecule has 0 unspecified atom stereocenters. The largest absolute Gasteiger partial charge is 0.468 e. The first-order valence-electron chi connectivity index (χ1n) is 5.43. The van der Waals surface area contributed by atoms with Crippen LogP contribution in [0.4, 0.5) is 0 Å². The van der Waals surface area contributed by atoms with Gasteiger partial charge in [-0.1, -0.05) is 0 Å². The van der Waals surface area contributed by atoms with E-state index in [1.165, 1.54) is 23.4 Å². The molecule has 0 saturated heterocycles. The van der Waals surface area contributed by atoms with Crippen LogP contribution in [0.25, 0.3) is 0 Å². The molecular weight excluding hydrogens is 270 g/mol. The van der Waals surface area contributed by atoms with Crippen LogP contribution in [0, 0.1) is 6.92 Å². The lowest BCUT2D eigenvalue weighted by Crippen LogP contribution is -2.36. The SMILES string of the molecule is COC(=O)CNC(=O)Cn1cc(C)c(SC)nc1=O. The molecule has 1 aromatic heterocycles. The van der Waals surface area contributed by atoms with Crippen molar-refractivity contribution in [2.75, 3.05) is 19.9 Å². The molecule has 0 aliphatic carbocycles. The van der Waals surface area contributed by atoms with E-state index in [2.05, 4.69) is 15.0 Å². The number of rotatable bonds is 5. The second-order valence-electron chi connectivity index (χ2n) is 3.70. The summed E-state index contributed by atoms with van der Waals surface area (Å²) in [5.74, 6) is -1.00. The summed E-state index contributed by atoms with van der Waals surface area (Å²) >= 11 is 1.37. The van der Waals surface area contributed by atoms with Crippen LogP contribution in [0.1, 0.15) is 5.56 Å². The maximum atomic E-state index is 11.6. The standard InChI is InChI=1S/C11H15N3O4S/c1-7-5-14(11(17)13-10(7)19-3)6-8(15)12-4-9(16)18-2/h5H,4,6H2,1-3H3,(H,12,15). The number of methoxy groups -OCH3 is 1. The second-order valence-corrected chi connectivity index (χ2v) is 4.49. The third kappa shape index (κ3) is 4.40. The number of carbonyl (C=O) groups is 2. The third-order valence-electron chi connectivity index (χ3n) is 2.29. The van der Waals surface area contributed by atoms with Gasteiger partial charge in [-0.05, 0) is 18.7 Å². The van der Waals surface area contributed by atoms with Gasteiger partial charge < -0.3 is 10.1 Å². The Morgan fingerprint density at radius 3 is 2.79 bits per heavy atom. The van der Waals surface area contributed by atoms with Crippen LogP contribution < -0.4 is 11.0 Å². The molecule has 0 saturated carbocycles. The Balaban J connectivity index is 2.72. The lowest BCUT2D eigenvalue weighted by atomic mass is 10.4. The molecule has 8 heteroatoms. The van der Waals surface area contributed by atoms with Crippen LogP contribution in [-0.4, -0.2) is 41.3 Å². The molecule has 19 heavy (non-hydrogen) atoms. The van der Waals surface area contributed by atoms with Crippen LogP contribution in [0.2, 0.25) is 0 Å². The number of hydrogen-bond acceptors (Lipinski definition) is 6. The first-order chi connectivity index (χ1) is 8.97. The summed E-state index contributed by atoms with van der Waals surface area (Å²) in [5.41, 5.74) is 0.316. The summed E-state index contributed by atoms with van der Waals surface area (Å²) in [7, 11) is 1.23. The van der Waals surface area contributed by atoms with Gasteiger partial charge in [-0.25, -0.2) is 4.79 Å². The molecule has 1 heterocycles. The average Bonchev–Trinajstić information content (AvgIpc) is 2.39. The Labute approximate surface area is 114 Å².